The average molecular weight is 315 g/mol. The lowest BCUT2D eigenvalue weighted by molar-refractivity contribution is -0.113. The summed E-state index contributed by atoms with van der Waals surface area (Å²) in [4.78, 5) is 23.3. The van der Waals surface area contributed by atoms with E-state index in [0.717, 1.165) is 6.07 Å². The number of hydrogen-bond acceptors (Lipinski definition) is 4. The van der Waals surface area contributed by atoms with E-state index in [1.807, 2.05) is 0 Å². The summed E-state index contributed by atoms with van der Waals surface area (Å²) in [6.45, 7) is 6.23. The van der Waals surface area contributed by atoms with Gasteiger partial charge in [0.05, 0.1) is 7.11 Å². The van der Waals surface area contributed by atoms with Crippen LogP contribution in [0.15, 0.2) is 12.1 Å². The molecule has 0 aliphatic carbocycles. The minimum absolute atomic E-state index is 0.145. The first-order valence-electron chi connectivity index (χ1n) is 6.53. The quantitative estimate of drug-likeness (QED) is 0.868. The first kappa shape index (κ1) is 17.9. The molecule has 1 atom stereocenters. The largest absolute Gasteiger partial charge is 0.493 e. The molecule has 0 radical (unpaired) electrons. The maximum Gasteiger partial charge on any atom is 0.408 e. The summed E-state index contributed by atoms with van der Waals surface area (Å²) in [7, 11) is 1.18. The number of carbonyl (C=O) groups is 2. The Hall–Kier alpha value is -2.18. The first-order chi connectivity index (χ1) is 10.0. The van der Waals surface area contributed by atoms with Crippen molar-refractivity contribution < 1.29 is 27.8 Å². The minimum atomic E-state index is -1.71. The van der Waals surface area contributed by atoms with E-state index in [4.69, 9.17) is 9.47 Å². The van der Waals surface area contributed by atoms with E-state index in [1.165, 1.54) is 14.0 Å². The van der Waals surface area contributed by atoms with Crippen molar-refractivity contribution in [2.75, 3.05) is 7.11 Å². The Labute approximate surface area is 127 Å². The van der Waals surface area contributed by atoms with Crippen molar-refractivity contribution in [1.82, 2.24) is 5.32 Å². The van der Waals surface area contributed by atoms with Crippen LogP contribution in [0.1, 0.15) is 33.3 Å². The fourth-order valence-corrected chi connectivity index (χ4v) is 1.83. The van der Waals surface area contributed by atoms with Crippen LogP contribution >= 0.6 is 0 Å². The molecule has 0 aliphatic heterocycles. The van der Waals surface area contributed by atoms with Gasteiger partial charge in [-0.15, -0.1) is 0 Å². The van der Waals surface area contributed by atoms with E-state index >= 15 is 0 Å². The molecule has 122 valence electrons. The monoisotopic (exact) mass is 315 g/mol. The average Bonchev–Trinajstić information content (AvgIpc) is 2.35. The van der Waals surface area contributed by atoms with Crippen LogP contribution < -0.4 is 10.1 Å². The summed E-state index contributed by atoms with van der Waals surface area (Å²) < 4.78 is 37.1. The SMILES string of the molecule is COc1c(F)cc(F)cc1C(C)(C=O)NC(=O)OC(C)(C)C. The number of ether oxygens (including phenoxy) is 2. The number of rotatable bonds is 4. The third-order valence-electron chi connectivity index (χ3n) is 2.77. The molecule has 0 heterocycles. The van der Waals surface area contributed by atoms with E-state index in [2.05, 4.69) is 5.32 Å². The van der Waals surface area contributed by atoms with Crippen LogP contribution in [0.25, 0.3) is 0 Å². The predicted molar refractivity (Wildman–Crippen MR) is 75.7 cm³/mol. The Bertz CT molecular complexity index is 584. The summed E-state index contributed by atoms with van der Waals surface area (Å²) >= 11 is 0. The van der Waals surface area contributed by atoms with Crippen LogP contribution in [0, 0.1) is 11.6 Å². The predicted octanol–water partition coefficient (Wildman–Crippen LogP) is 2.91. The first-order valence-corrected chi connectivity index (χ1v) is 6.53. The highest BCUT2D eigenvalue weighted by molar-refractivity contribution is 5.79. The van der Waals surface area contributed by atoms with Crippen molar-refractivity contribution in [3.8, 4) is 5.75 Å². The molecule has 5 nitrogen and oxygen atoms in total. The molecule has 0 bridgehead atoms. The van der Waals surface area contributed by atoms with E-state index in [1.54, 1.807) is 20.8 Å². The summed E-state index contributed by atoms with van der Waals surface area (Å²) in [6, 6.07) is 1.55. The smallest absolute Gasteiger partial charge is 0.408 e. The maximum atomic E-state index is 13.8. The lowest BCUT2D eigenvalue weighted by atomic mass is 9.92. The molecule has 1 aromatic carbocycles. The zero-order chi connectivity index (χ0) is 17.1. The van der Waals surface area contributed by atoms with Crippen molar-refractivity contribution in [3.05, 3.63) is 29.3 Å². The summed E-state index contributed by atoms with van der Waals surface area (Å²) in [6.07, 6.45) is -0.540. The molecule has 0 fully saturated rings. The molecule has 1 aromatic rings. The highest BCUT2D eigenvalue weighted by atomic mass is 19.1. The standard InChI is InChI=1S/C15H19F2NO4/c1-14(2,3)22-13(20)18-15(4,8-19)10-6-9(16)7-11(17)12(10)21-5/h6-8H,1-5H3,(H,18,20). The van der Waals surface area contributed by atoms with E-state index in [9.17, 15) is 18.4 Å². The molecule has 0 saturated carbocycles. The number of aldehydes is 1. The number of hydrogen-bond donors (Lipinski definition) is 1. The highest BCUT2D eigenvalue weighted by Crippen LogP contribution is 2.32. The lowest BCUT2D eigenvalue weighted by Gasteiger charge is -2.29. The zero-order valence-electron chi connectivity index (χ0n) is 13.1. The van der Waals surface area contributed by atoms with Crippen molar-refractivity contribution in [3.63, 3.8) is 0 Å². The van der Waals surface area contributed by atoms with Crippen LogP contribution in [0.4, 0.5) is 13.6 Å². The second-order valence-electron chi connectivity index (χ2n) is 5.92. The third-order valence-corrected chi connectivity index (χ3v) is 2.77. The van der Waals surface area contributed by atoms with Crippen molar-refractivity contribution >= 4 is 12.4 Å². The molecule has 1 unspecified atom stereocenters. The van der Waals surface area contributed by atoms with Gasteiger partial charge in [0.2, 0.25) is 0 Å². The lowest BCUT2D eigenvalue weighted by Crippen LogP contribution is -2.47. The number of amides is 1. The number of halogens is 2. The second-order valence-corrected chi connectivity index (χ2v) is 5.92. The van der Waals surface area contributed by atoms with E-state index < -0.39 is 28.9 Å². The van der Waals surface area contributed by atoms with Crippen molar-refractivity contribution in [1.29, 1.82) is 0 Å². The van der Waals surface area contributed by atoms with Crippen LogP contribution in [0.5, 0.6) is 5.75 Å². The van der Waals surface area contributed by atoms with Gasteiger partial charge in [0.1, 0.15) is 23.2 Å². The minimum Gasteiger partial charge on any atom is -0.493 e. The maximum absolute atomic E-state index is 13.8. The van der Waals surface area contributed by atoms with Crippen molar-refractivity contribution in [2.24, 2.45) is 0 Å². The molecule has 0 spiro atoms. The Morgan fingerprint density at radius 3 is 2.27 bits per heavy atom. The highest BCUT2D eigenvalue weighted by Gasteiger charge is 2.35. The van der Waals surface area contributed by atoms with E-state index in [-0.39, 0.29) is 11.3 Å². The number of nitrogens with one attached hydrogen (secondary N) is 1. The normalized spacial score (nSPS) is 14.0. The van der Waals surface area contributed by atoms with Crippen LogP contribution in [0.2, 0.25) is 0 Å². The van der Waals surface area contributed by atoms with Crippen molar-refractivity contribution in [2.45, 2.75) is 38.8 Å². The summed E-state index contributed by atoms with van der Waals surface area (Å²) in [5.41, 5.74) is -2.64. The molecule has 0 aliphatic rings. The molecular weight excluding hydrogens is 296 g/mol. The van der Waals surface area contributed by atoms with Gasteiger partial charge in [0.25, 0.3) is 0 Å². The molecule has 0 aromatic heterocycles. The Balaban J connectivity index is 3.24. The molecule has 1 rings (SSSR count). The van der Waals surface area contributed by atoms with Gasteiger partial charge in [-0.3, -0.25) is 0 Å². The number of methoxy groups -OCH3 is 1. The van der Waals surface area contributed by atoms with Crippen LogP contribution in [0.3, 0.4) is 0 Å². The number of alkyl carbamates (subject to hydrolysis) is 1. The number of carbonyl (C=O) groups excluding carboxylic acids is 2. The Morgan fingerprint density at radius 1 is 1.23 bits per heavy atom. The van der Waals surface area contributed by atoms with Gasteiger partial charge < -0.3 is 19.6 Å². The van der Waals surface area contributed by atoms with Gasteiger partial charge in [0.15, 0.2) is 11.6 Å². The van der Waals surface area contributed by atoms with Gasteiger partial charge >= 0.3 is 6.09 Å². The third kappa shape index (κ3) is 4.16. The molecule has 1 amide bonds. The van der Waals surface area contributed by atoms with Crippen LogP contribution in [-0.4, -0.2) is 25.1 Å². The van der Waals surface area contributed by atoms with Gasteiger partial charge in [-0.25, -0.2) is 13.6 Å². The Kier molecular flexibility index (Phi) is 5.11. The van der Waals surface area contributed by atoms with E-state index in [0.29, 0.717) is 12.4 Å². The van der Waals surface area contributed by atoms with Gasteiger partial charge in [0, 0.05) is 11.6 Å². The second kappa shape index (κ2) is 6.29. The molecule has 7 heteroatoms. The fraction of sp³-hybridized carbons (Fsp3) is 0.467. The topological polar surface area (TPSA) is 64.6 Å². The van der Waals surface area contributed by atoms with Crippen LogP contribution in [-0.2, 0) is 15.1 Å². The van der Waals surface area contributed by atoms with Gasteiger partial charge in [-0.2, -0.15) is 0 Å². The zero-order valence-corrected chi connectivity index (χ0v) is 13.1. The molecule has 0 saturated heterocycles. The van der Waals surface area contributed by atoms with Gasteiger partial charge in [-0.1, -0.05) is 0 Å². The summed E-state index contributed by atoms with van der Waals surface area (Å²) in [5, 5.41) is 2.30. The molecule has 22 heavy (non-hydrogen) atoms. The van der Waals surface area contributed by atoms with Gasteiger partial charge in [-0.05, 0) is 33.8 Å². The number of benzene rings is 1. The molecule has 1 N–H and O–H groups in total. The summed E-state index contributed by atoms with van der Waals surface area (Å²) in [5.74, 6) is -2.20. The molecular formula is C15H19F2NO4. The Morgan fingerprint density at radius 2 is 1.82 bits per heavy atom. The fourth-order valence-electron chi connectivity index (χ4n) is 1.83.